The third kappa shape index (κ3) is 2.99. The Kier molecular flexibility index (Phi) is 4.53. The smallest absolute Gasteiger partial charge is 0.252 e. The first-order chi connectivity index (χ1) is 8.83. The second-order valence-corrected chi connectivity index (χ2v) is 4.41. The molecule has 1 N–H and O–H groups in total. The number of carbonyl (C=O) groups is 1. The summed E-state index contributed by atoms with van der Waals surface area (Å²) >= 11 is 5.59. The molecule has 1 aromatic heterocycles. The summed E-state index contributed by atoms with van der Waals surface area (Å²) in [5.74, 6) is 0.580. The number of hydrogen-bond donors (Lipinski definition) is 1. The van der Waals surface area contributed by atoms with E-state index in [0.29, 0.717) is 18.0 Å². The fraction of sp³-hybridized carbons (Fsp3) is 0.286. The van der Waals surface area contributed by atoms with Crippen molar-refractivity contribution >= 4 is 28.4 Å². The fourth-order valence-electron chi connectivity index (χ4n) is 1.81. The second kappa shape index (κ2) is 6.36. The van der Waals surface area contributed by atoms with Gasteiger partial charge in [0.25, 0.3) is 5.91 Å². The Morgan fingerprint density at radius 2 is 2.06 bits per heavy atom. The number of nitrogens with zero attached hydrogens (tertiary/aromatic N) is 1. The Balaban J connectivity index is 2.13. The molecule has 4 heteroatoms. The number of unbranched alkanes of at least 4 members (excludes halogenated alkanes) is 1. The minimum atomic E-state index is -0.0526. The normalized spacial score (nSPS) is 10.5. The number of alkyl halides is 1. The summed E-state index contributed by atoms with van der Waals surface area (Å²) in [7, 11) is 0. The zero-order valence-electron chi connectivity index (χ0n) is 10.0. The number of benzene rings is 1. The van der Waals surface area contributed by atoms with E-state index >= 15 is 0 Å². The van der Waals surface area contributed by atoms with Gasteiger partial charge in [0, 0.05) is 24.0 Å². The Morgan fingerprint density at radius 1 is 1.22 bits per heavy atom. The highest BCUT2D eigenvalue weighted by Crippen LogP contribution is 2.15. The molecule has 0 aliphatic carbocycles. The molecule has 0 radical (unpaired) electrons. The molecule has 94 valence electrons. The number of fused-ring (bicyclic) bond motifs is 1. The van der Waals surface area contributed by atoms with Crippen molar-refractivity contribution in [3.05, 3.63) is 42.1 Å². The SMILES string of the molecule is O=C(NCCCCCl)c1ccnc2ccccc12. The number of para-hydroxylation sites is 1. The molecule has 0 spiro atoms. The van der Waals surface area contributed by atoms with Crippen molar-refractivity contribution in [2.45, 2.75) is 12.8 Å². The molecule has 0 aliphatic rings. The molecule has 0 fully saturated rings. The molecule has 2 aromatic rings. The van der Waals surface area contributed by atoms with Gasteiger partial charge in [0.05, 0.1) is 11.1 Å². The van der Waals surface area contributed by atoms with Crippen LogP contribution in [0.2, 0.25) is 0 Å². The van der Waals surface area contributed by atoms with Crippen molar-refractivity contribution in [3.8, 4) is 0 Å². The van der Waals surface area contributed by atoms with Crippen LogP contribution in [0.15, 0.2) is 36.5 Å². The monoisotopic (exact) mass is 262 g/mol. The first-order valence-electron chi connectivity index (χ1n) is 6.01. The summed E-state index contributed by atoms with van der Waals surface area (Å²) in [4.78, 5) is 16.3. The number of hydrogen-bond acceptors (Lipinski definition) is 2. The van der Waals surface area contributed by atoms with E-state index in [2.05, 4.69) is 10.3 Å². The summed E-state index contributed by atoms with van der Waals surface area (Å²) in [5.41, 5.74) is 1.51. The van der Waals surface area contributed by atoms with Gasteiger partial charge < -0.3 is 5.32 Å². The van der Waals surface area contributed by atoms with E-state index in [9.17, 15) is 4.79 Å². The Bertz CT molecular complexity index is 537. The van der Waals surface area contributed by atoms with Gasteiger partial charge in [-0.2, -0.15) is 0 Å². The zero-order chi connectivity index (χ0) is 12.8. The fourth-order valence-corrected chi connectivity index (χ4v) is 2.00. The predicted molar refractivity (Wildman–Crippen MR) is 74.0 cm³/mol. The van der Waals surface area contributed by atoms with Crippen LogP contribution >= 0.6 is 11.6 Å². The minimum Gasteiger partial charge on any atom is -0.352 e. The zero-order valence-corrected chi connectivity index (χ0v) is 10.8. The average Bonchev–Trinajstić information content (AvgIpc) is 2.43. The van der Waals surface area contributed by atoms with E-state index in [0.717, 1.165) is 23.7 Å². The lowest BCUT2D eigenvalue weighted by Crippen LogP contribution is -2.24. The van der Waals surface area contributed by atoms with E-state index in [1.54, 1.807) is 12.3 Å². The molecule has 0 unspecified atom stereocenters. The quantitative estimate of drug-likeness (QED) is 0.665. The summed E-state index contributed by atoms with van der Waals surface area (Å²) < 4.78 is 0. The van der Waals surface area contributed by atoms with E-state index in [4.69, 9.17) is 11.6 Å². The second-order valence-electron chi connectivity index (χ2n) is 4.03. The number of amides is 1. The summed E-state index contributed by atoms with van der Waals surface area (Å²) in [6.07, 6.45) is 3.48. The molecular weight excluding hydrogens is 248 g/mol. The van der Waals surface area contributed by atoms with Gasteiger partial charge in [0.2, 0.25) is 0 Å². The molecule has 0 aliphatic heterocycles. The van der Waals surface area contributed by atoms with Crippen LogP contribution in [0.5, 0.6) is 0 Å². The van der Waals surface area contributed by atoms with Gasteiger partial charge in [-0.05, 0) is 25.0 Å². The van der Waals surface area contributed by atoms with Gasteiger partial charge in [-0.25, -0.2) is 0 Å². The minimum absolute atomic E-state index is 0.0526. The van der Waals surface area contributed by atoms with Crippen LogP contribution in [0, 0.1) is 0 Å². The topological polar surface area (TPSA) is 42.0 Å². The van der Waals surface area contributed by atoms with Crippen molar-refractivity contribution in [1.29, 1.82) is 0 Å². The maximum atomic E-state index is 12.0. The van der Waals surface area contributed by atoms with Gasteiger partial charge in [0.15, 0.2) is 0 Å². The van der Waals surface area contributed by atoms with Crippen molar-refractivity contribution in [2.24, 2.45) is 0 Å². The molecule has 1 heterocycles. The first kappa shape index (κ1) is 12.8. The number of rotatable bonds is 5. The number of pyridine rings is 1. The molecule has 0 saturated carbocycles. The number of nitrogens with one attached hydrogen (secondary N) is 1. The molecule has 1 aromatic carbocycles. The predicted octanol–water partition coefficient (Wildman–Crippen LogP) is 2.98. The van der Waals surface area contributed by atoms with E-state index in [1.165, 1.54) is 0 Å². The summed E-state index contributed by atoms with van der Waals surface area (Å²) in [5, 5.41) is 3.78. The highest BCUT2D eigenvalue weighted by Gasteiger charge is 2.09. The third-order valence-electron chi connectivity index (χ3n) is 2.74. The lowest BCUT2D eigenvalue weighted by molar-refractivity contribution is 0.0955. The molecule has 0 saturated heterocycles. The molecule has 3 nitrogen and oxygen atoms in total. The van der Waals surface area contributed by atoms with Crippen LogP contribution in [0.3, 0.4) is 0 Å². The molecule has 0 bridgehead atoms. The van der Waals surface area contributed by atoms with Gasteiger partial charge >= 0.3 is 0 Å². The number of aromatic nitrogens is 1. The van der Waals surface area contributed by atoms with Gasteiger partial charge in [-0.3, -0.25) is 9.78 Å². The first-order valence-corrected chi connectivity index (χ1v) is 6.54. The number of carbonyl (C=O) groups excluding carboxylic acids is 1. The van der Waals surface area contributed by atoms with Gasteiger partial charge in [-0.1, -0.05) is 18.2 Å². The van der Waals surface area contributed by atoms with E-state index in [1.807, 2.05) is 24.3 Å². The van der Waals surface area contributed by atoms with Crippen LogP contribution in [0.25, 0.3) is 10.9 Å². The van der Waals surface area contributed by atoms with Crippen LogP contribution in [0.1, 0.15) is 23.2 Å². The standard InChI is InChI=1S/C14H15ClN2O/c15-8-3-4-9-17-14(18)12-7-10-16-13-6-2-1-5-11(12)13/h1-2,5-7,10H,3-4,8-9H2,(H,17,18). The average molecular weight is 263 g/mol. The Morgan fingerprint density at radius 3 is 2.89 bits per heavy atom. The van der Waals surface area contributed by atoms with E-state index in [-0.39, 0.29) is 5.91 Å². The lowest BCUT2D eigenvalue weighted by Gasteiger charge is -2.07. The highest BCUT2D eigenvalue weighted by molar-refractivity contribution is 6.17. The molecule has 18 heavy (non-hydrogen) atoms. The Labute approximate surface area is 111 Å². The van der Waals surface area contributed by atoms with Crippen LogP contribution < -0.4 is 5.32 Å². The largest absolute Gasteiger partial charge is 0.352 e. The van der Waals surface area contributed by atoms with Crippen LogP contribution in [-0.4, -0.2) is 23.3 Å². The molecule has 2 rings (SSSR count). The lowest BCUT2D eigenvalue weighted by atomic mass is 10.1. The van der Waals surface area contributed by atoms with Gasteiger partial charge in [0.1, 0.15) is 0 Å². The van der Waals surface area contributed by atoms with Gasteiger partial charge in [-0.15, -0.1) is 11.6 Å². The molecular formula is C14H15ClN2O. The van der Waals surface area contributed by atoms with E-state index < -0.39 is 0 Å². The summed E-state index contributed by atoms with van der Waals surface area (Å²) in [6.45, 7) is 0.655. The number of halogens is 1. The van der Waals surface area contributed by atoms with Crippen molar-refractivity contribution < 1.29 is 4.79 Å². The van der Waals surface area contributed by atoms with Crippen LogP contribution in [0.4, 0.5) is 0 Å². The van der Waals surface area contributed by atoms with Crippen molar-refractivity contribution in [3.63, 3.8) is 0 Å². The van der Waals surface area contributed by atoms with Crippen LogP contribution in [-0.2, 0) is 0 Å². The van der Waals surface area contributed by atoms with Crippen molar-refractivity contribution in [2.75, 3.05) is 12.4 Å². The third-order valence-corrected chi connectivity index (χ3v) is 3.01. The summed E-state index contributed by atoms with van der Waals surface area (Å²) in [6, 6.07) is 9.39. The maximum absolute atomic E-state index is 12.0. The molecule has 0 atom stereocenters. The maximum Gasteiger partial charge on any atom is 0.252 e. The highest BCUT2D eigenvalue weighted by atomic mass is 35.5. The van der Waals surface area contributed by atoms with Crippen molar-refractivity contribution in [1.82, 2.24) is 10.3 Å². The molecule has 1 amide bonds. The Hall–Kier alpha value is -1.61.